The lowest BCUT2D eigenvalue weighted by Gasteiger charge is -2.28. The molecule has 0 unspecified atom stereocenters. The van der Waals surface area contributed by atoms with Crippen LogP contribution in [0, 0.1) is 11.8 Å². The van der Waals surface area contributed by atoms with Crippen LogP contribution in [0.4, 0.5) is 5.69 Å². The van der Waals surface area contributed by atoms with Gasteiger partial charge in [0.25, 0.3) is 0 Å². The molecule has 1 aliphatic rings. The molecule has 20 heavy (non-hydrogen) atoms. The van der Waals surface area contributed by atoms with Crippen LogP contribution >= 0.6 is 0 Å². The van der Waals surface area contributed by atoms with Crippen molar-refractivity contribution in [2.45, 2.75) is 40.5 Å². The maximum Gasteiger partial charge on any atom is 0.0474 e. The molecule has 1 aromatic carbocycles. The highest BCUT2D eigenvalue weighted by molar-refractivity contribution is 5.63. The van der Waals surface area contributed by atoms with E-state index in [1.54, 1.807) is 0 Å². The van der Waals surface area contributed by atoms with Crippen molar-refractivity contribution in [2.75, 3.05) is 11.4 Å². The van der Waals surface area contributed by atoms with Crippen LogP contribution in [0.3, 0.4) is 0 Å². The maximum absolute atomic E-state index is 2.40. The van der Waals surface area contributed by atoms with Crippen molar-refractivity contribution in [3.63, 3.8) is 0 Å². The highest BCUT2D eigenvalue weighted by Gasteiger charge is 2.15. The Kier molecular flexibility index (Phi) is 5.05. The van der Waals surface area contributed by atoms with E-state index in [1.165, 1.54) is 16.8 Å². The van der Waals surface area contributed by atoms with E-state index in [0.717, 1.165) is 19.4 Å². The third-order valence-electron chi connectivity index (χ3n) is 3.56. The molecule has 0 aliphatic carbocycles. The van der Waals surface area contributed by atoms with Gasteiger partial charge in [-0.05, 0) is 41.9 Å². The van der Waals surface area contributed by atoms with Gasteiger partial charge in [0.2, 0.25) is 0 Å². The van der Waals surface area contributed by atoms with Crippen LogP contribution in [-0.4, -0.2) is 6.54 Å². The minimum atomic E-state index is 0.687. The van der Waals surface area contributed by atoms with E-state index in [-0.39, 0.29) is 0 Å². The van der Waals surface area contributed by atoms with Crippen LogP contribution in [0.1, 0.15) is 38.8 Å². The summed E-state index contributed by atoms with van der Waals surface area (Å²) in [4.78, 5) is 2.40. The molecule has 1 heterocycles. The average Bonchev–Trinajstić information content (AvgIpc) is 2.38. The lowest BCUT2D eigenvalue weighted by molar-refractivity contribution is 0.635. The smallest absolute Gasteiger partial charge is 0.0474 e. The normalized spacial score (nSPS) is 14.6. The van der Waals surface area contributed by atoms with Crippen LogP contribution in [-0.2, 0) is 12.8 Å². The molecule has 0 amide bonds. The zero-order valence-electron chi connectivity index (χ0n) is 13.3. The Morgan fingerprint density at radius 3 is 2.00 bits per heavy atom. The van der Waals surface area contributed by atoms with Crippen LogP contribution in [0.15, 0.2) is 42.6 Å². The summed E-state index contributed by atoms with van der Waals surface area (Å²) in [5.41, 5.74) is 4.41. The van der Waals surface area contributed by atoms with Crippen molar-refractivity contribution < 1.29 is 0 Å². The third-order valence-corrected chi connectivity index (χ3v) is 3.56. The molecule has 1 aromatic rings. The fourth-order valence-electron chi connectivity index (χ4n) is 2.86. The number of para-hydroxylation sites is 1. The van der Waals surface area contributed by atoms with Gasteiger partial charge >= 0.3 is 0 Å². The van der Waals surface area contributed by atoms with E-state index in [9.17, 15) is 0 Å². The first-order chi connectivity index (χ1) is 9.58. The zero-order valence-corrected chi connectivity index (χ0v) is 13.3. The summed E-state index contributed by atoms with van der Waals surface area (Å²) >= 11 is 0. The molecule has 108 valence electrons. The predicted octanol–water partition coefficient (Wildman–Crippen LogP) is 4.97. The molecular formula is C19H27N. The molecule has 1 heteroatoms. The van der Waals surface area contributed by atoms with E-state index in [2.05, 4.69) is 75.2 Å². The molecule has 0 bridgehead atoms. The molecule has 0 atom stereocenters. The van der Waals surface area contributed by atoms with Crippen molar-refractivity contribution >= 4 is 5.69 Å². The second-order valence-corrected chi connectivity index (χ2v) is 6.54. The molecule has 0 N–H and O–H groups in total. The fraction of sp³-hybridized carbons (Fsp3) is 0.474. The van der Waals surface area contributed by atoms with Gasteiger partial charge < -0.3 is 4.90 Å². The van der Waals surface area contributed by atoms with E-state index in [4.69, 9.17) is 0 Å². The Bertz CT molecular complexity index is 466. The monoisotopic (exact) mass is 269 g/mol. The van der Waals surface area contributed by atoms with Crippen LogP contribution in [0.25, 0.3) is 0 Å². The van der Waals surface area contributed by atoms with Crippen molar-refractivity contribution in [1.29, 1.82) is 0 Å². The van der Waals surface area contributed by atoms with Gasteiger partial charge in [-0.1, -0.05) is 58.0 Å². The lowest BCUT2D eigenvalue weighted by atomic mass is 9.93. The van der Waals surface area contributed by atoms with Crippen molar-refractivity contribution in [3.05, 3.63) is 53.8 Å². The van der Waals surface area contributed by atoms with Crippen molar-refractivity contribution in [3.8, 4) is 0 Å². The first-order valence-corrected chi connectivity index (χ1v) is 7.78. The Labute approximate surface area is 124 Å². The molecule has 1 nitrogen and oxygen atoms in total. The van der Waals surface area contributed by atoms with Gasteiger partial charge in [0.05, 0.1) is 0 Å². The minimum Gasteiger partial charge on any atom is -0.344 e. The summed E-state index contributed by atoms with van der Waals surface area (Å²) in [6, 6.07) is 6.82. The summed E-state index contributed by atoms with van der Waals surface area (Å²) in [7, 11) is 0. The third kappa shape index (κ3) is 3.75. The van der Waals surface area contributed by atoms with Gasteiger partial charge in [-0.15, -0.1) is 0 Å². The second kappa shape index (κ2) is 6.78. The molecule has 0 spiro atoms. The standard InChI is InChI=1S/C19H27N/c1-15(2)13-17-9-8-10-18(14-16(3)4)19(17)20-11-6-5-7-12-20/h5-11,15-16H,12-14H2,1-4H3. The fourth-order valence-corrected chi connectivity index (χ4v) is 2.86. The molecule has 0 saturated heterocycles. The van der Waals surface area contributed by atoms with Gasteiger partial charge in [-0.3, -0.25) is 0 Å². The highest BCUT2D eigenvalue weighted by Crippen LogP contribution is 2.30. The van der Waals surface area contributed by atoms with Gasteiger partial charge in [0.1, 0.15) is 0 Å². The molecule has 0 fully saturated rings. The first-order valence-electron chi connectivity index (χ1n) is 7.78. The maximum atomic E-state index is 2.40. The van der Waals surface area contributed by atoms with Gasteiger partial charge in [0, 0.05) is 18.4 Å². The first kappa shape index (κ1) is 14.9. The minimum absolute atomic E-state index is 0.687. The molecule has 2 rings (SSSR count). The van der Waals surface area contributed by atoms with E-state index < -0.39 is 0 Å². The SMILES string of the molecule is CC(C)Cc1cccc(CC(C)C)c1N1C=CC=CC1. The summed E-state index contributed by atoms with van der Waals surface area (Å²) in [6.07, 6.45) is 11.0. The van der Waals surface area contributed by atoms with E-state index in [1.807, 2.05) is 0 Å². The number of anilines is 1. The Morgan fingerprint density at radius 1 is 0.950 bits per heavy atom. The zero-order chi connectivity index (χ0) is 14.5. The molecule has 0 aromatic heterocycles. The van der Waals surface area contributed by atoms with Crippen molar-refractivity contribution in [2.24, 2.45) is 11.8 Å². The Morgan fingerprint density at radius 2 is 1.55 bits per heavy atom. The van der Waals surface area contributed by atoms with Crippen LogP contribution < -0.4 is 4.90 Å². The van der Waals surface area contributed by atoms with Crippen LogP contribution in [0.5, 0.6) is 0 Å². The van der Waals surface area contributed by atoms with E-state index >= 15 is 0 Å². The molecular weight excluding hydrogens is 242 g/mol. The number of nitrogens with zero attached hydrogens (tertiary/aromatic N) is 1. The van der Waals surface area contributed by atoms with Gasteiger partial charge in [-0.2, -0.15) is 0 Å². The number of hydrogen-bond donors (Lipinski definition) is 0. The molecule has 0 saturated carbocycles. The Balaban J connectivity index is 2.40. The molecule has 1 aliphatic heterocycles. The number of rotatable bonds is 5. The highest BCUT2D eigenvalue weighted by atomic mass is 15.1. The number of allylic oxidation sites excluding steroid dienone is 2. The average molecular weight is 269 g/mol. The largest absolute Gasteiger partial charge is 0.344 e. The summed E-state index contributed by atoms with van der Waals surface area (Å²) in [6.45, 7) is 10.2. The predicted molar refractivity (Wildman–Crippen MR) is 89.2 cm³/mol. The summed E-state index contributed by atoms with van der Waals surface area (Å²) < 4.78 is 0. The summed E-state index contributed by atoms with van der Waals surface area (Å²) in [5.74, 6) is 1.37. The van der Waals surface area contributed by atoms with Crippen molar-refractivity contribution in [1.82, 2.24) is 0 Å². The quantitative estimate of drug-likeness (QED) is 0.729. The van der Waals surface area contributed by atoms with Gasteiger partial charge in [0.15, 0.2) is 0 Å². The van der Waals surface area contributed by atoms with E-state index in [0.29, 0.717) is 11.8 Å². The Hall–Kier alpha value is -1.50. The number of hydrogen-bond acceptors (Lipinski definition) is 1. The summed E-state index contributed by atoms with van der Waals surface area (Å²) in [5, 5.41) is 0. The lowest BCUT2D eigenvalue weighted by Crippen LogP contribution is -2.21. The van der Waals surface area contributed by atoms with Gasteiger partial charge in [-0.25, -0.2) is 0 Å². The molecule has 0 radical (unpaired) electrons. The second-order valence-electron chi connectivity index (χ2n) is 6.54. The topological polar surface area (TPSA) is 3.24 Å². The van der Waals surface area contributed by atoms with Crippen LogP contribution in [0.2, 0.25) is 0 Å². The number of benzene rings is 1.